The molecular formula is C19H21NO2S. The van der Waals surface area contributed by atoms with E-state index in [1.165, 1.54) is 16.0 Å². The number of rotatable bonds is 4. The Morgan fingerprint density at radius 2 is 2.09 bits per heavy atom. The molecule has 0 saturated carbocycles. The van der Waals surface area contributed by atoms with Gasteiger partial charge in [-0.05, 0) is 55.2 Å². The zero-order valence-electron chi connectivity index (χ0n) is 13.5. The number of aryl methyl sites for hydroxylation is 2. The van der Waals surface area contributed by atoms with E-state index < -0.39 is 0 Å². The van der Waals surface area contributed by atoms with Crippen molar-refractivity contribution in [3.05, 3.63) is 53.6 Å². The van der Waals surface area contributed by atoms with Crippen molar-refractivity contribution in [2.24, 2.45) is 0 Å². The molecule has 23 heavy (non-hydrogen) atoms. The topological polar surface area (TPSA) is 29.5 Å². The Morgan fingerprint density at radius 3 is 2.87 bits per heavy atom. The van der Waals surface area contributed by atoms with Crippen molar-refractivity contribution in [3.8, 4) is 5.75 Å². The van der Waals surface area contributed by atoms with Gasteiger partial charge in [0.15, 0.2) is 0 Å². The Bertz CT molecular complexity index is 714. The first-order valence-electron chi connectivity index (χ1n) is 7.85. The van der Waals surface area contributed by atoms with Crippen LogP contribution in [0.1, 0.15) is 17.5 Å². The standard InChI is InChI=1S/C19H21NO2S/c1-14-6-3-4-8-18(14)23-13-19(21)20-11-5-7-15-12-16(22-2)9-10-17(15)20/h3-4,6,8-10,12H,5,7,11,13H2,1-2H3. The summed E-state index contributed by atoms with van der Waals surface area (Å²) < 4.78 is 5.29. The van der Waals surface area contributed by atoms with Crippen molar-refractivity contribution >= 4 is 23.4 Å². The van der Waals surface area contributed by atoms with Crippen molar-refractivity contribution in [3.63, 3.8) is 0 Å². The van der Waals surface area contributed by atoms with Gasteiger partial charge >= 0.3 is 0 Å². The fraction of sp³-hybridized carbons (Fsp3) is 0.316. The Balaban J connectivity index is 1.73. The Labute approximate surface area is 141 Å². The van der Waals surface area contributed by atoms with E-state index in [0.29, 0.717) is 5.75 Å². The van der Waals surface area contributed by atoms with Gasteiger partial charge in [-0.2, -0.15) is 0 Å². The van der Waals surface area contributed by atoms with Gasteiger partial charge in [0.1, 0.15) is 5.75 Å². The first-order chi connectivity index (χ1) is 11.2. The second kappa shape index (κ2) is 7.09. The molecule has 1 amide bonds. The maximum absolute atomic E-state index is 12.7. The summed E-state index contributed by atoms with van der Waals surface area (Å²) in [5.41, 5.74) is 3.45. The van der Waals surface area contributed by atoms with Gasteiger partial charge in [-0.25, -0.2) is 0 Å². The van der Waals surface area contributed by atoms with Crippen LogP contribution in [-0.4, -0.2) is 25.3 Å². The van der Waals surface area contributed by atoms with Crippen LogP contribution in [0.5, 0.6) is 5.75 Å². The molecular weight excluding hydrogens is 306 g/mol. The molecule has 0 aromatic heterocycles. The average Bonchev–Trinajstić information content (AvgIpc) is 2.59. The average molecular weight is 327 g/mol. The lowest BCUT2D eigenvalue weighted by molar-refractivity contribution is -0.116. The quantitative estimate of drug-likeness (QED) is 0.793. The molecule has 0 N–H and O–H groups in total. The van der Waals surface area contributed by atoms with E-state index in [-0.39, 0.29) is 5.91 Å². The Morgan fingerprint density at radius 1 is 1.26 bits per heavy atom. The monoisotopic (exact) mass is 327 g/mol. The minimum atomic E-state index is 0.171. The van der Waals surface area contributed by atoms with E-state index in [1.54, 1.807) is 18.9 Å². The van der Waals surface area contributed by atoms with Gasteiger partial charge in [-0.1, -0.05) is 18.2 Å². The lowest BCUT2D eigenvalue weighted by atomic mass is 10.0. The summed E-state index contributed by atoms with van der Waals surface area (Å²) in [6, 6.07) is 14.2. The molecule has 0 aliphatic carbocycles. The van der Waals surface area contributed by atoms with Crippen molar-refractivity contribution in [2.45, 2.75) is 24.7 Å². The van der Waals surface area contributed by atoms with E-state index in [1.807, 2.05) is 35.2 Å². The van der Waals surface area contributed by atoms with Crippen LogP contribution in [0.4, 0.5) is 5.69 Å². The summed E-state index contributed by atoms with van der Waals surface area (Å²) in [6.45, 7) is 2.88. The molecule has 4 heteroatoms. The van der Waals surface area contributed by atoms with Gasteiger partial charge in [0, 0.05) is 17.1 Å². The molecule has 1 aliphatic rings. The first-order valence-corrected chi connectivity index (χ1v) is 8.83. The van der Waals surface area contributed by atoms with Gasteiger partial charge < -0.3 is 9.64 Å². The molecule has 0 unspecified atom stereocenters. The number of thioether (sulfide) groups is 1. The van der Waals surface area contributed by atoms with Gasteiger partial charge in [-0.3, -0.25) is 4.79 Å². The number of hydrogen-bond acceptors (Lipinski definition) is 3. The summed E-state index contributed by atoms with van der Waals surface area (Å²) in [6.07, 6.45) is 2.00. The highest BCUT2D eigenvalue weighted by Gasteiger charge is 2.22. The maximum Gasteiger partial charge on any atom is 0.237 e. The number of ether oxygens (including phenoxy) is 1. The molecule has 3 rings (SSSR count). The van der Waals surface area contributed by atoms with Crippen LogP contribution in [0.15, 0.2) is 47.4 Å². The number of fused-ring (bicyclic) bond motifs is 1. The molecule has 2 aromatic carbocycles. The number of methoxy groups -OCH3 is 1. The first kappa shape index (κ1) is 15.9. The number of amides is 1. The van der Waals surface area contributed by atoms with Crippen LogP contribution >= 0.6 is 11.8 Å². The van der Waals surface area contributed by atoms with Gasteiger partial charge in [-0.15, -0.1) is 11.8 Å². The number of nitrogens with zero attached hydrogens (tertiary/aromatic N) is 1. The van der Waals surface area contributed by atoms with Crippen LogP contribution in [0.25, 0.3) is 0 Å². The van der Waals surface area contributed by atoms with Crippen LogP contribution in [0, 0.1) is 6.92 Å². The second-order valence-electron chi connectivity index (χ2n) is 5.70. The molecule has 0 atom stereocenters. The molecule has 0 bridgehead atoms. The van der Waals surface area contributed by atoms with Gasteiger partial charge in [0.05, 0.1) is 12.9 Å². The number of benzene rings is 2. The fourth-order valence-corrected chi connectivity index (χ4v) is 3.80. The third kappa shape index (κ3) is 3.53. The van der Waals surface area contributed by atoms with Gasteiger partial charge in [0.25, 0.3) is 0 Å². The van der Waals surface area contributed by atoms with Crippen LogP contribution in [0.2, 0.25) is 0 Å². The number of carbonyl (C=O) groups excluding carboxylic acids is 1. The molecule has 0 fully saturated rings. The van der Waals surface area contributed by atoms with Crippen molar-refractivity contribution in [1.29, 1.82) is 0 Å². The predicted octanol–water partition coefficient (Wildman–Crippen LogP) is 4.08. The summed E-state index contributed by atoms with van der Waals surface area (Å²) in [7, 11) is 1.67. The van der Waals surface area contributed by atoms with E-state index in [2.05, 4.69) is 19.1 Å². The minimum Gasteiger partial charge on any atom is -0.497 e. The van der Waals surface area contributed by atoms with Crippen LogP contribution in [-0.2, 0) is 11.2 Å². The lowest BCUT2D eigenvalue weighted by Crippen LogP contribution is -2.36. The summed E-state index contributed by atoms with van der Waals surface area (Å²) in [5.74, 6) is 1.49. The van der Waals surface area contributed by atoms with Crippen molar-refractivity contribution in [2.75, 3.05) is 24.3 Å². The van der Waals surface area contributed by atoms with Crippen molar-refractivity contribution < 1.29 is 9.53 Å². The molecule has 0 saturated heterocycles. The minimum absolute atomic E-state index is 0.171. The van der Waals surface area contributed by atoms with E-state index in [9.17, 15) is 4.79 Å². The van der Waals surface area contributed by atoms with E-state index in [4.69, 9.17) is 4.74 Å². The van der Waals surface area contributed by atoms with Crippen LogP contribution < -0.4 is 9.64 Å². The van der Waals surface area contributed by atoms with E-state index in [0.717, 1.165) is 30.8 Å². The molecule has 0 spiro atoms. The number of carbonyl (C=O) groups is 1. The highest BCUT2D eigenvalue weighted by atomic mass is 32.2. The molecule has 120 valence electrons. The summed E-state index contributed by atoms with van der Waals surface area (Å²) in [5, 5.41) is 0. The largest absolute Gasteiger partial charge is 0.497 e. The maximum atomic E-state index is 12.7. The van der Waals surface area contributed by atoms with Crippen LogP contribution in [0.3, 0.4) is 0 Å². The molecule has 0 radical (unpaired) electrons. The number of hydrogen-bond donors (Lipinski definition) is 0. The smallest absolute Gasteiger partial charge is 0.237 e. The zero-order valence-corrected chi connectivity index (χ0v) is 14.4. The third-order valence-electron chi connectivity index (χ3n) is 4.15. The highest BCUT2D eigenvalue weighted by molar-refractivity contribution is 8.00. The fourth-order valence-electron chi connectivity index (χ4n) is 2.90. The SMILES string of the molecule is COc1ccc2c(c1)CCCN2C(=O)CSc1ccccc1C. The Hall–Kier alpha value is -1.94. The summed E-state index contributed by atoms with van der Waals surface area (Å²) >= 11 is 1.62. The lowest BCUT2D eigenvalue weighted by Gasteiger charge is -2.29. The molecule has 3 nitrogen and oxygen atoms in total. The van der Waals surface area contributed by atoms with E-state index >= 15 is 0 Å². The normalized spacial score (nSPS) is 13.6. The highest BCUT2D eigenvalue weighted by Crippen LogP contribution is 2.31. The summed E-state index contributed by atoms with van der Waals surface area (Å²) in [4.78, 5) is 15.8. The van der Waals surface area contributed by atoms with Gasteiger partial charge in [0.2, 0.25) is 5.91 Å². The van der Waals surface area contributed by atoms with Crippen molar-refractivity contribution in [1.82, 2.24) is 0 Å². The Kier molecular flexibility index (Phi) is 4.91. The second-order valence-corrected chi connectivity index (χ2v) is 6.71. The number of anilines is 1. The third-order valence-corrected chi connectivity index (χ3v) is 5.31. The molecule has 2 aromatic rings. The predicted molar refractivity (Wildman–Crippen MR) is 95.6 cm³/mol. The molecule has 1 aliphatic heterocycles. The zero-order chi connectivity index (χ0) is 16.2. The molecule has 1 heterocycles.